The van der Waals surface area contributed by atoms with E-state index in [0.29, 0.717) is 10.3 Å². The Balaban J connectivity index is 2.22. The lowest BCUT2D eigenvalue weighted by Gasteiger charge is -2.01. The average Bonchev–Trinajstić information content (AvgIpc) is 2.72. The molecule has 0 amide bonds. The molecular formula is C14H10FN. The highest BCUT2D eigenvalue weighted by molar-refractivity contribution is 5.85. The summed E-state index contributed by atoms with van der Waals surface area (Å²) in [7, 11) is 0. The van der Waals surface area contributed by atoms with Crippen LogP contribution in [-0.2, 0) is 0 Å². The van der Waals surface area contributed by atoms with Crippen LogP contribution in [-0.4, -0.2) is 4.79 Å². The van der Waals surface area contributed by atoms with Gasteiger partial charge in [-0.2, -0.15) is 4.79 Å². The van der Waals surface area contributed by atoms with Gasteiger partial charge in [-0.3, -0.25) is 0 Å². The Kier molecular flexibility index (Phi) is 2.00. The molecule has 1 aromatic heterocycles. The third-order valence-electron chi connectivity index (χ3n) is 2.75. The van der Waals surface area contributed by atoms with Crippen LogP contribution >= 0.6 is 0 Å². The Bertz CT molecular complexity index is 626. The van der Waals surface area contributed by atoms with Crippen molar-refractivity contribution in [3.05, 3.63) is 60.8 Å². The Morgan fingerprint density at radius 2 is 1.62 bits per heavy atom. The minimum absolute atomic E-state index is 0.612. The summed E-state index contributed by atoms with van der Waals surface area (Å²) < 4.78 is 13.4. The summed E-state index contributed by atoms with van der Waals surface area (Å²) in [6.07, 6.45) is 1.43. The molecule has 0 bridgehead atoms. The van der Waals surface area contributed by atoms with Crippen molar-refractivity contribution in [2.75, 3.05) is 0 Å². The second-order valence-corrected chi connectivity index (χ2v) is 3.77. The van der Waals surface area contributed by atoms with E-state index in [-0.39, 0.29) is 0 Å². The molecule has 0 aliphatic heterocycles. The number of benzene rings is 2. The summed E-state index contributed by atoms with van der Waals surface area (Å²) in [4.78, 5) is 0.655. The first-order valence-corrected chi connectivity index (χ1v) is 5.17. The molecule has 0 aliphatic rings. The molecule has 1 nitrogen and oxygen atoms in total. The summed E-state index contributed by atoms with van der Waals surface area (Å²) in [6, 6.07) is 17.6. The fraction of sp³-hybridized carbons (Fsp3) is 0. The predicted octanol–water partition coefficient (Wildman–Crippen LogP) is 4.04. The zero-order valence-electron chi connectivity index (χ0n) is 8.60. The van der Waals surface area contributed by atoms with Crippen LogP contribution in [0, 0.1) is 0 Å². The number of nitrogens with zero attached hydrogens (tertiary/aromatic N) is 1. The Morgan fingerprint density at radius 1 is 0.812 bits per heavy atom. The Hall–Kier alpha value is -2.09. The Morgan fingerprint density at radius 3 is 2.44 bits per heavy atom. The highest BCUT2D eigenvalue weighted by Crippen LogP contribution is 2.24. The van der Waals surface area contributed by atoms with E-state index in [2.05, 4.69) is 0 Å². The first kappa shape index (κ1) is 9.16. The zero-order valence-corrected chi connectivity index (χ0v) is 8.60. The van der Waals surface area contributed by atoms with Gasteiger partial charge in [-0.05, 0) is 23.3 Å². The van der Waals surface area contributed by atoms with Gasteiger partial charge in [0.15, 0.2) is 0 Å². The van der Waals surface area contributed by atoms with Crippen molar-refractivity contribution < 1.29 is 4.48 Å². The molecule has 0 radical (unpaired) electrons. The van der Waals surface area contributed by atoms with Gasteiger partial charge < -0.3 is 0 Å². The number of aromatic nitrogens is 1. The lowest BCUT2D eigenvalue weighted by atomic mass is 10.0. The van der Waals surface area contributed by atoms with Gasteiger partial charge in [0.25, 0.3) is 0 Å². The van der Waals surface area contributed by atoms with Gasteiger partial charge in [0.2, 0.25) is 0 Å². The van der Waals surface area contributed by atoms with Gasteiger partial charge in [0.05, 0.1) is 5.52 Å². The van der Waals surface area contributed by atoms with E-state index < -0.39 is 0 Å². The van der Waals surface area contributed by atoms with Crippen molar-refractivity contribution in [2.24, 2.45) is 0 Å². The number of halogens is 1. The van der Waals surface area contributed by atoms with Gasteiger partial charge in [-0.1, -0.05) is 46.9 Å². The number of hydrogen-bond acceptors (Lipinski definition) is 0. The van der Waals surface area contributed by atoms with E-state index in [1.165, 1.54) is 6.20 Å². The van der Waals surface area contributed by atoms with Gasteiger partial charge >= 0.3 is 0 Å². The molecule has 2 heteroatoms. The minimum atomic E-state index is 0.612. The molecule has 0 saturated carbocycles. The molecule has 0 fully saturated rings. The first-order valence-electron chi connectivity index (χ1n) is 5.17. The van der Waals surface area contributed by atoms with Crippen LogP contribution in [0.3, 0.4) is 0 Å². The fourth-order valence-corrected chi connectivity index (χ4v) is 1.91. The maximum Gasteiger partial charge on any atom is 0.0818 e. The van der Waals surface area contributed by atoms with Crippen LogP contribution in [0.5, 0.6) is 0 Å². The number of hydrogen-bond donors (Lipinski definition) is 0. The summed E-state index contributed by atoms with van der Waals surface area (Å²) in [5.41, 5.74) is 2.75. The second-order valence-electron chi connectivity index (χ2n) is 3.77. The van der Waals surface area contributed by atoms with Crippen LogP contribution in [0.15, 0.2) is 60.8 Å². The van der Waals surface area contributed by atoms with Crippen LogP contribution < -0.4 is 0 Å². The third kappa shape index (κ3) is 1.39. The standard InChI is InChI=1S/C14H10FN/c15-16-9-8-12-6-7-13(10-14(12)16)11-4-2-1-3-5-11/h1-10H. The molecule has 0 saturated heterocycles. The van der Waals surface area contributed by atoms with Gasteiger partial charge in [-0.25, -0.2) is 0 Å². The zero-order chi connectivity index (χ0) is 11.0. The van der Waals surface area contributed by atoms with E-state index >= 15 is 0 Å². The molecule has 1 heterocycles. The van der Waals surface area contributed by atoms with E-state index in [4.69, 9.17) is 0 Å². The van der Waals surface area contributed by atoms with Crippen LogP contribution in [0.4, 0.5) is 4.48 Å². The number of rotatable bonds is 1. The predicted molar refractivity (Wildman–Crippen MR) is 63.9 cm³/mol. The normalized spacial score (nSPS) is 10.8. The van der Waals surface area contributed by atoms with E-state index in [1.54, 1.807) is 6.07 Å². The molecular weight excluding hydrogens is 201 g/mol. The van der Waals surface area contributed by atoms with Crippen LogP contribution in [0.25, 0.3) is 22.0 Å². The molecule has 0 N–H and O–H groups in total. The van der Waals surface area contributed by atoms with E-state index in [1.807, 2.05) is 48.5 Å². The highest BCUT2D eigenvalue weighted by Gasteiger charge is 2.02. The summed E-state index contributed by atoms with van der Waals surface area (Å²) in [5, 5.41) is 0.919. The van der Waals surface area contributed by atoms with Gasteiger partial charge in [-0.15, -0.1) is 0 Å². The van der Waals surface area contributed by atoms with E-state index in [9.17, 15) is 4.48 Å². The highest BCUT2D eigenvalue weighted by atomic mass is 19.2. The molecule has 78 valence electrons. The third-order valence-corrected chi connectivity index (χ3v) is 2.75. The molecule has 0 atom stereocenters. The van der Waals surface area contributed by atoms with Crippen molar-refractivity contribution in [3.8, 4) is 11.1 Å². The largest absolute Gasteiger partial charge is 0.186 e. The molecule has 0 spiro atoms. The summed E-state index contributed by atoms with van der Waals surface area (Å²) in [5.74, 6) is 0. The monoisotopic (exact) mass is 211 g/mol. The molecule has 3 aromatic rings. The lowest BCUT2D eigenvalue weighted by Crippen LogP contribution is -1.80. The first-order chi connectivity index (χ1) is 7.84. The van der Waals surface area contributed by atoms with Crippen molar-refractivity contribution in [1.29, 1.82) is 0 Å². The summed E-state index contributed by atoms with van der Waals surface area (Å²) in [6.45, 7) is 0. The SMILES string of the molecule is Fn1ccc2ccc(-c3ccccc3)cc21. The maximum atomic E-state index is 13.4. The molecule has 0 aliphatic carbocycles. The van der Waals surface area contributed by atoms with Crippen LogP contribution in [0.1, 0.15) is 0 Å². The van der Waals surface area contributed by atoms with Crippen molar-refractivity contribution in [1.82, 2.24) is 4.79 Å². The molecule has 0 unspecified atom stereocenters. The second kappa shape index (κ2) is 3.49. The topological polar surface area (TPSA) is 4.93 Å². The average molecular weight is 211 g/mol. The van der Waals surface area contributed by atoms with E-state index in [0.717, 1.165) is 16.5 Å². The molecule has 2 aromatic carbocycles. The molecule has 16 heavy (non-hydrogen) atoms. The lowest BCUT2D eigenvalue weighted by molar-refractivity contribution is 0.388. The molecule has 3 rings (SSSR count). The van der Waals surface area contributed by atoms with Crippen LogP contribution in [0.2, 0.25) is 0 Å². The van der Waals surface area contributed by atoms with Crippen molar-refractivity contribution in [3.63, 3.8) is 0 Å². The van der Waals surface area contributed by atoms with Gasteiger partial charge in [0, 0.05) is 11.6 Å². The van der Waals surface area contributed by atoms with Crippen molar-refractivity contribution in [2.45, 2.75) is 0 Å². The minimum Gasteiger partial charge on any atom is -0.186 e. The fourth-order valence-electron chi connectivity index (χ4n) is 1.91. The van der Waals surface area contributed by atoms with Gasteiger partial charge in [0.1, 0.15) is 0 Å². The number of fused-ring (bicyclic) bond motifs is 1. The Labute approximate surface area is 92.7 Å². The maximum absolute atomic E-state index is 13.4. The smallest absolute Gasteiger partial charge is 0.0818 e. The summed E-state index contributed by atoms with van der Waals surface area (Å²) >= 11 is 0. The quantitative estimate of drug-likeness (QED) is 0.572. The van der Waals surface area contributed by atoms with Crippen molar-refractivity contribution >= 4 is 10.9 Å².